The third kappa shape index (κ3) is 3.33. The van der Waals surface area contributed by atoms with Gasteiger partial charge in [0.05, 0.1) is 12.8 Å². The van der Waals surface area contributed by atoms with Crippen molar-refractivity contribution in [1.82, 2.24) is 9.88 Å². The highest BCUT2D eigenvalue weighted by Gasteiger charge is 2.14. The van der Waals surface area contributed by atoms with Gasteiger partial charge in [0, 0.05) is 35.8 Å². The SMILES string of the molecule is COc1c(C)cnc(CN(C)C(C)CCl)c1C. The van der Waals surface area contributed by atoms with E-state index in [0.29, 0.717) is 11.9 Å². The zero-order chi connectivity index (χ0) is 13.0. The van der Waals surface area contributed by atoms with Crippen molar-refractivity contribution in [3.05, 3.63) is 23.0 Å². The molecule has 0 aromatic carbocycles. The minimum Gasteiger partial charge on any atom is -0.496 e. The second-order valence-corrected chi connectivity index (χ2v) is 4.77. The first kappa shape index (κ1) is 14.3. The Morgan fingerprint density at radius 1 is 1.47 bits per heavy atom. The fourth-order valence-corrected chi connectivity index (χ4v) is 1.98. The highest BCUT2D eigenvalue weighted by atomic mass is 35.5. The van der Waals surface area contributed by atoms with E-state index in [4.69, 9.17) is 16.3 Å². The maximum absolute atomic E-state index is 5.85. The molecular weight excluding hydrogens is 236 g/mol. The third-order valence-corrected chi connectivity index (χ3v) is 3.57. The molecule has 17 heavy (non-hydrogen) atoms. The summed E-state index contributed by atoms with van der Waals surface area (Å²) in [5.41, 5.74) is 3.23. The van der Waals surface area contributed by atoms with E-state index in [2.05, 4.69) is 23.9 Å². The minimum atomic E-state index is 0.338. The zero-order valence-corrected chi connectivity index (χ0v) is 12.0. The molecule has 0 saturated carbocycles. The van der Waals surface area contributed by atoms with E-state index < -0.39 is 0 Å². The van der Waals surface area contributed by atoms with Crippen LogP contribution in [-0.2, 0) is 6.54 Å². The summed E-state index contributed by atoms with van der Waals surface area (Å²) in [6.07, 6.45) is 1.86. The lowest BCUT2D eigenvalue weighted by Crippen LogP contribution is -2.30. The van der Waals surface area contributed by atoms with Gasteiger partial charge in [-0.1, -0.05) is 0 Å². The first-order chi connectivity index (χ1) is 8.01. The third-order valence-electron chi connectivity index (χ3n) is 3.12. The smallest absolute Gasteiger partial charge is 0.128 e. The van der Waals surface area contributed by atoms with Gasteiger partial charge in [0.25, 0.3) is 0 Å². The van der Waals surface area contributed by atoms with Crippen molar-refractivity contribution in [2.75, 3.05) is 20.0 Å². The molecule has 0 N–H and O–H groups in total. The normalized spacial score (nSPS) is 12.9. The Balaban J connectivity index is 2.92. The molecule has 0 saturated heterocycles. The number of aryl methyl sites for hydroxylation is 1. The fraction of sp³-hybridized carbons (Fsp3) is 0.615. The van der Waals surface area contributed by atoms with Gasteiger partial charge in [-0.2, -0.15) is 0 Å². The van der Waals surface area contributed by atoms with E-state index in [9.17, 15) is 0 Å². The number of hydrogen-bond acceptors (Lipinski definition) is 3. The van der Waals surface area contributed by atoms with Gasteiger partial charge in [-0.05, 0) is 27.8 Å². The predicted octanol–water partition coefficient (Wildman–Crippen LogP) is 2.77. The summed E-state index contributed by atoms with van der Waals surface area (Å²) in [6, 6.07) is 0.338. The average molecular weight is 257 g/mol. The molecule has 96 valence electrons. The number of aromatic nitrogens is 1. The summed E-state index contributed by atoms with van der Waals surface area (Å²) in [4.78, 5) is 6.67. The molecule has 0 aliphatic carbocycles. The monoisotopic (exact) mass is 256 g/mol. The van der Waals surface area contributed by atoms with Crippen LogP contribution in [0.4, 0.5) is 0 Å². The number of ether oxygens (including phenoxy) is 1. The van der Waals surface area contributed by atoms with Crippen molar-refractivity contribution in [3.63, 3.8) is 0 Å². The number of rotatable bonds is 5. The Morgan fingerprint density at radius 2 is 2.12 bits per heavy atom. The van der Waals surface area contributed by atoms with E-state index in [1.807, 2.05) is 20.0 Å². The number of halogens is 1. The second kappa shape index (κ2) is 6.22. The summed E-state index contributed by atoms with van der Waals surface area (Å²) in [7, 11) is 3.75. The topological polar surface area (TPSA) is 25.4 Å². The largest absolute Gasteiger partial charge is 0.496 e. The van der Waals surface area contributed by atoms with Crippen LogP contribution in [0, 0.1) is 13.8 Å². The lowest BCUT2D eigenvalue weighted by Gasteiger charge is -2.23. The molecule has 0 amide bonds. The van der Waals surface area contributed by atoms with Gasteiger partial charge in [0.15, 0.2) is 0 Å². The molecule has 0 aliphatic heterocycles. The number of methoxy groups -OCH3 is 1. The van der Waals surface area contributed by atoms with E-state index in [1.54, 1.807) is 7.11 Å². The molecule has 0 spiro atoms. The van der Waals surface area contributed by atoms with Gasteiger partial charge >= 0.3 is 0 Å². The highest BCUT2D eigenvalue weighted by molar-refractivity contribution is 6.18. The summed E-state index contributed by atoms with van der Waals surface area (Å²) in [5.74, 6) is 1.56. The first-order valence-corrected chi connectivity index (χ1v) is 6.30. The molecule has 0 aliphatic rings. The first-order valence-electron chi connectivity index (χ1n) is 5.76. The van der Waals surface area contributed by atoms with Gasteiger partial charge in [0.2, 0.25) is 0 Å². The predicted molar refractivity (Wildman–Crippen MR) is 71.9 cm³/mol. The van der Waals surface area contributed by atoms with Crippen molar-refractivity contribution >= 4 is 11.6 Å². The highest BCUT2D eigenvalue weighted by Crippen LogP contribution is 2.24. The Kier molecular flexibility index (Phi) is 5.22. The Morgan fingerprint density at radius 3 is 2.65 bits per heavy atom. The number of alkyl halides is 1. The molecular formula is C13H21ClN2O. The average Bonchev–Trinajstić information content (AvgIpc) is 2.32. The van der Waals surface area contributed by atoms with Crippen LogP contribution < -0.4 is 4.74 Å². The van der Waals surface area contributed by atoms with Crippen molar-refractivity contribution in [2.45, 2.75) is 33.4 Å². The summed E-state index contributed by atoms with van der Waals surface area (Å²) < 4.78 is 5.40. The number of pyridine rings is 1. The van der Waals surface area contributed by atoms with Crippen LogP contribution in [-0.4, -0.2) is 36.0 Å². The zero-order valence-electron chi connectivity index (χ0n) is 11.2. The van der Waals surface area contributed by atoms with Gasteiger partial charge in [-0.15, -0.1) is 11.6 Å². The second-order valence-electron chi connectivity index (χ2n) is 4.46. The van der Waals surface area contributed by atoms with E-state index in [-0.39, 0.29) is 0 Å². The molecule has 1 unspecified atom stereocenters. The molecule has 0 radical (unpaired) electrons. The minimum absolute atomic E-state index is 0.338. The molecule has 1 aromatic heterocycles. The molecule has 1 atom stereocenters. The van der Waals surface area contributed by atoms with Crippen LogP contribution >= 0.6 is 11.6 Å². The van der Waals surface area contributed by atoms with Gasteiger partial charge in [-0.25, -0.2) is 0 Å². The van der Waals surface area contributed by atoms with E-state index >= 15 is 0 Å². The standard InChI is InChI=1S/C13H21ClN2O/c1-9-7-15-12(11(3)13(9)17-5)8-16(4)10(2)6-14/h7,10H,6,8H2,1-5H3. The Labute approximate surface area is 109 Å². The van der Waals surface area contributed by atoms with Gasteiger partial charge in [0.1, 0.15) is 5.75 Å². The quantitative estimate of drug-likeness (QED) is 0.758. The number of hydrogen-bond donors (Lipinski definition) is 0. The van der Waals surface area contributed by atoms with Crippen LogP contribution in [0.3, 0.4) is 0 Å². The molecule has 4 heteroatoms. The van der Waals surface area contributed by atoms with Crippen molar-refractivity contribution in [1.29, 1.82) is 0 Å². The number of nitrogens with zero attached hydrogens (tertiary/aromatic N) is 2. The molecule has 1 rings (SSSR count). The van der Waals surface area contributed by atoms with Crippen LogP contribution in [0.25, 0.3) is 0 Å². The maximum Gasteiger partial charge on any atom is 0.128 e. The molecule has 1 aromatic rings. The Hall–Kier alpha value is -0.800. The van der Waals surface area contributed by atoms with Crippen LogP contribution in [0.15, 0.2) is 6.20 Å². The van der Waals surface area contributed by atoms with Gasteiger partial charge in [-0.3, -0.25) is 9.88 Å². The van der Waals surface area contributed by atoms with Crippen molar-refractivity contribution in [3.8, 4) is 5.75 Å². The fourth-order valence-electron chi connectivity index (χ4n) is 1.74. The lowest BCUT2D eigenvalue weighted by atomic mass is 10.1. The molecule has 0 bridgehead atoms. The van der Waals surface area contributed by atoms with Gasteiger partial charge < -0.3 is 4.74 Å². The maximum atomic E-state index is 5.85. The summed E-state index contributed by atoms with van der Waals surface area (Å²) >= 11 is 5.85. The molecule has 1 heterocycles. The molecule has 3 nitrogen and oxygen atoms in total. The summed E-state index contributed by atoms with van der Waals surface area (Å²) in [5, 5.41) is 0. The van der Waals surface area contributed by atoms with Crippen molar-refractivity contribution < 1.29 is 4.74 Å². The Bertz CT molecular complexity index is 382. The van der Waals surface area contributed by atoms with Crippen LogP contribution in [0.1, 0.15) is 23.7 Å². The van der Waals surface area contributed by atoms with Crippen LogP contribution in [0.2, 0.25) is 0 Å². The summed E-state index contributed by atoms with van der Waals surface area (Å²) in [6.45, 7) is 6.95. The van der Waals surface area contributed by atoms with E-state index in [1.165, 1.54) is 0 Å². The van der Waals surface area contributed by atoms with E-state index in [0.717, 1.165) is 29.1 Å². The van der Waals surface area contributed by atoms with Crippen molar-refractivity contribution in [2.24, 2.45) is 0 Å². The van der Waals surface area contributed by atoms with Crippen LogP contribution in [0.5, 0.6) is 5.75 Å². The molecule has 0 fully saturated rings. The lowest BCUT2D eigenvalue weighted by molar-refractivity contribution is 0.264.